The van der Waals surface area contributed by atoms with Crippen LogP contribution >= 0.6 is 0 Å². The molecule has 5 heteroatoms. The third kappa shape index (κ3) is 2.61. The lowest BCUT2D eigenvalue weighted by molar-refractivity contribution is 0.430. The molecule has 0 aromatic heterocycles. The van der Waals surface area contributed by atoms with Crippen LogP contribution in [0, 0.1) is 0 Å². The van der Waals surface area contributed by atoms with Crippen LogP contribution < -0.4 is 10.6 Å². The number of nitrogens with one attached hydrogen (secondary N) is 2. The molecule has 1 saturated heterocycles. The zero-order chi connectivity index (χ0) is 11.6. The summed E-state index contributed by atoms with van der Waals surface area (Å²) in [5, 5.41) is 6.68. The molecule has 1 heterocycles. The van der Waals surface area contributed by atoms with Gasteiger partial charge in [0.2, 0.25) is 0 Å². The summed E-state index contributed by atoms with van der Waals surface area (Å²) in [6.45, 7) is 2.81. The number of rotatable bonds is 2. The van der Waals surface area contributed by atoms with Crippen molar-refractivity contribution in [1.29, 1.82) is 0 Å². The van der Waals surface area contributed by atoms with E-state index in [1.165, 1.54) is 6.26 Å². The molecule has 88 valence electrons. The van der Waals surface area contributed by atoms with E-state index in [-0.39, 0.29) is 6.04 Å². The van der Waals surface area contributed by atoms with Crippen LogP contribution in [-0.4, -0.2) is 34.3 Å². The third-order valence-electron chi connectivity index (χ3n) is 2.75. The predicted octanol–water partition coefficient (Wildman–Crippen LogP) is 0.324. The molecule has 16 heavy (non-hydrogen) atoms. The average Bonchev–Trinajstić information content (AvgIpc) is 2.29. The highest BCUT2D eigenvalue weighted by Gasteiger charge is 2.14. The third-order valence-corrected chi connectivity index (χ3v) is 3.88. The minimum absolute atomic E-state index is 0.280. The molecule has 1 atom stereocenters. The smallest absolute Gasteiger partial charge is 0.175 e. The number of hydrogen-bond donors (Lipinski definition) is 2. The van der Waals surface area contributed by atoms with E-state index in [1.807, 2.05) is 12.1 Å². The lowest BCUT2D eigenvalue weighted by atomic mass is 10.1. The van der Waals surface area contributed by atoms with Crippen LogP contribution in [0.5, 0.6) is 0 Å². The first-order chi connectivity index (χ1) is 7.57. The summed E-state index contributed by atoms with van der Waals surface area (Å²) in [4.78, 5) is 0.375. The van der Waals surface area contributed by atoms with E-state index in [0.717, 1.165) is 25.2 Å². The van der Waals surface area contributed by atoms with Crippen LogP contribution in [0.4, 0.5) is 0 Å². The summed E-state index contributed by atoms with van der Waals surface area (Å²) in [5.41, 5.74) is 1.12. The first-order valence-electron chi connectivity index (χ1n) is 5.31. The van der Waals surface area contributed by atoms with E-state index >= 15 is 0 Å². The van der Waals surface area contributed by atoms with E-state index < -0.39 is 9.84 Å². The zero-order valence-electron chi connectivity index (χ0n) is 9.23. The molecule has 0 unspecified atom stereocenters. The topological polar surface area (TPSA) is 58.2 Å². The van der Waals surface area contributed by atoms with Gasteiger partial charge in [-0.15, -0.1) is 0 Å². The van der Waals surface area contributed by atoms with Crippen molar-refractivity contribution in [1.82, 2.24) is 10.6 Å². The number of hydrogen-bond acceptors (Lipinski definition) is 4. The fourth-order valence-corrected chi connectivity index (χ4v) is 2.47. The van der Waals surface area contributed by atoms with Gasteiger partial charge in [0, 0.05) is 31.9 Å². The molecule has 4 nitrogen and oxygen atoms in total. The summed E-state index contributed by atoms with van der Waals surface area (Å²) >= 11 is 0. The SMILES string of the molecule is CS(=O)(=O)c1ccc([C@H]2CNCCN2)cc1. The standard InChI is InChI=1S/C11H16N2O2S/c1-16(14,15)10-4-2-9(3-5-10)11-8-12-6-7-13-11/h2-5,11-13H,6-8H2,1H3/t11-/m1/s1. The summed E-state index contributed by atoms with van der Waals surface area (Å²) in [7, 11) is -3.09. The molecule has 0 amide bonds. The van der Waals surface area contributed by atoms with E-state index in [2.05, 4.69) is 10.6 Å². The Morgan fingerprint density at radius 3 is 2.38 bits per heavy atom. The van der Waals surface area contributed by atoms with Crippen LogP contribution in [0.3, 0.4) is 0 Å². The van der Waals surface area contributed by atoms with Crippen molar-refractivity contribution in [2.45, 2.75) is 10.9 Å². The van der Waals surface area contributed by atoms with Crippen molar-refractivity contribution in [3.63, 3.8) is 0 Å². The molecule has 1 aromatic carbocycles. The molecule has 0 bridgehead atoms. The Morgan fingerprint density at radius 1 is 1.19 bits per heavy atom. The predicted molar refractivity (Wildman–Crippen MR) is 63.2 cm³/mol. The van der Waals surface area contributed by atoms with E-state index in [1.54, 1.807) is 12.1 Å². The van der Waals surface area contributed by atoms with Gasteiger partial charge in [-0.2, -0.15) is 0 Å². The van der Waals surface area contributed by atoms with Gasteiger partial charge in [0.05, 0.1) is 4.90 Å². The van der Waals surface area contributed by atoms with Gasteiger partial charge in [0.15, 0.2) is 9.84 Å². The van der Waals surface area contributed by atoms with Crippen molar-refractivity contribution >= 4 is 9.84 Å². The van der Waals surface area contributed by atoms with Crippen LogP contribution in [0.25, 0.3) is 0 Å². The van der Waals surface area contributed by atoms with E-state index in [9.17, 15) is 8.42 Å². The number of piperazine rings is 1. The summed E-state index contributed by atoms with van der Waals surface area (Å²) < 4.78 is 22.6. The molecule has 0 radical (unpaired) electrons. The second kappa shape index (κ2) is 4.53. The first kappa shape index (κ1) is 11.6. The first-order valence-corrected chi connectivity index (χ1v) is 7.20. The molecular formula is C11H16N2O2S. The Labute approximate surface area is 96.0 Å². The van der Waals surface area contributed by atoms with Crippen LogP contribution in [0.2, 0.25) is 0 Å². The average molecular weight is 240 g/mol. The van der Waals surface area contributed by atoms with Crippen LogP contribution in [-0.2, 0) is 9.84 Å². The van der Waals surface area contributed by atoms with Gasteiger partial charge >= 0.3 is 0 Å². The molecule has 2 rings (SSSR count). The quantitative estimate of drug-likeness (QED) is 0.782. The maximum absolute atomic E-state index is 11.3. The molecule has 1 aliphatic rings. The van der Waals surface area contributed by atoms with Crippen LogP contribution in [0.1, 0.15) is 11.6 Å². The Hall–Kier alpha value is -0.910. The van der Waals surface area contributed by atoms with Gasteiger partial charge in [0.25, 0.3) is 0 Å². The zero-order valence-corrected chi connectivity index (χ0v) is 10.0. The normalized spacial score (nSPS) is 21.9. The molecule has 1 fully saturated rings. The second-order valence-corrected chi connectivity index (χ2v) is 6.07. The molecule has 2 N–H and O–H groups in total. The fraction of sp³-hybridized carbons (Fsp3) is 0.455. The maximum Gasteiger partial charge on any atom is 0.175 e. The van der Waals surface area contributed by atoms with Crippen molar-refractivity contribution in [2.75, 3.05) is 25.9 Å². The Kier molecular flexibility index (Phi) is 3.28. The van der Waals surface area contributed by atoms with Crippen molar-refractivity contribution in [2.24, 2.45) is 0 Å². The largest absolute Gasteiger partial charge is 0.314 e. The second-order valence-electron chi connectivity index (χ2n) is 4.05. The number of benzene rings is 1. The van der Waals surface area contributed by atoms with Crippen molar-refractivity contribution in [3.8, 4) is 0 Å². The van der Waals surface area contributed by atoms with Gasteiger partial charge in [0.1, 0.15) is 0 Å². The minimum Gasteiger partial charge on any atom is -0.314 e. The van der Waals surface area contributed by atoms with Crippen molar-refractivity contribution < 1.29 is 8.42 Å². The van der Waals surface area contributed by atoms with Gasteiger partial charge in [-0.3, -0.25) is 0 Å². The van der Waals surface area contributed by atoms with Gasteiger partial charge in [-0.25, -0.2) is 8.42 Å². The Balaban J connectivity index is 2.18. The van der Waals surface area contributed by atoms with Gasteiger partial charge < -0.3 is 10.6 Å². The lowest BCUT2D eigenvalue weighted by Crippen LogP contribution is -2.42. The highest BCUT2D eigenvalue weighted by Crippen LogP contribution is 2.16. The summed E-state index contributed by atoms with van der Waals surface area (Å²) in [6, 6.07) is 7.37. The van der Waals surface area contributed by atoms with E-state index in [4.69, 9.17) is 0 Å². The molecule has 0 spiro atoms. The molecule has 0 saturated carbocycles. The monoisotopic (exact) mass is 240 g/mol. The summed E-state index contributed by atoms with van der Waals surface area (Å²) in [6.07, 6.45) is 1.22. The maximum atomic E-state index is 11.3. The lowest BCUT2D eigenvalue weighted by Gasteiger charge is -2.24. The Bertz CT molecular complexity index is 447. The fourth-order valence-electron chi connectivity index (χ4n) is 1.84. The Morgan fingerprint density at radius 2 is 1.88 bits per heavy atom. The van der Waals surface area contributed by atoms with Gasteiger partial charge in [-0.05, 0) is 17.7 Å². The van der Waals surface area contributed by atoms with Gasteiger partial charge in [-0.1, -0.05) is 12.1 Å². The van der Waals surface area contributed by atoms with E-state index in [0.29, 0.717) is 4.90 Å². The number of sulfone groups is 1. The minimum atomic E-state index is -3.09. The molecular weight excluding hydrogens is 224 g/mol. The highest BCUT2D eigenvalue weighted by atomic mass is 32.2. The highest BCUT2D eigenvalue weighted by molar-refractivity contribution is 7.90. The molecule has 0 aliphatic carbocycles. The molecule has 1 aliphatic heterocycles. The molecule has 1 aromatic rings. The summed E-state index contributed by atoms with van der Waals surface area (Å²) in [5.74, 6) is 0. The van der Waals surface area contributed by atoms with Crippen molar-refractivity contribution in [3.05, 3.63) is 29.8 Å². The van der Waals surface area contributed by atoms with Crippen LogP contribution in [0.15, 0.2) is 29.2 Å².